The van der Waals surface area contributed by atoms with Gasteiger partial charge in [-0.2, -0.15) is 0 Å². The molecule has 6 heterocycles. The summed E-state index contributed by atoms with van der Waals surface area (Å²) in [5.74, 6) is 0.529. The minimum atomic E-state index is -1.30. The molecule has 3 amide bonds. The Morgan fingerprint density at radius 3 is 2.06 bits per heavy atom. The SMILES string of the molecule is C[Si](C)(C)CCOCn1cnc(C(=O)N2CCC3(CC2)CCN(C(=O)n2cnc4c2nc(C2CCCN2C(=O)O)n4COCC[Si](C)(C)C)CC3)c1. The molecule has 286 valence electrons. The third-order valence-corrected chi connectivity index (χ3v) is 14.4. The van der Waals surface area contributed by atoms with Crippen LogP contribution in [0.3, 0.4) is 0 Å². The molecule has 6 rings (SSSR count). The third-order valence-electron chi connectivity index (χ3n) is 11.0. The van der Waals surface area contributed by atoms with Gasteiger partial charge in [0, 0.05) is 68.3 Å². The van der Waals surface area contributed by atoms with Crippen LogP contribution in [-0.2, 0) is 22.9 Å². The van der Waals surface area contributed by atoms with Gasteiger partial charge in [-0.25, -0.2) is 29.1 Å². The molecule has 1 unspecified atom stereocenters. The highest BCUT2D eigenvalue weighted by Gasteiger charge is 2.41. The number of rotatable bonds is 12. The van der Waals surface area contributed by atoms with Gasteiger partial charge in [0.2, 0.25) is 0 Å². The van der Waals surface area contributed by atoms with Gasteiger partial charge in [0.05, 0.1) is 12.4 Å². The Kier molecular flexibility index (Phi) is 11.3. The standard InChI is InChI=1S/C35H57N9O6Si2/c1-51(2,3)20-18-49-25-39-22-27(36-23-39)32(45)40-14-9-35(10-15-40)11-16-41(17-12-35)33(46)43-24-37-30-31(43)38-29(28-8-7-13-42(28)34(47)48)44(30)26-50-19-21-52(4,5)6/h22-24,28H,7-21,25-26H2,1-6H3,(H,47,48). The van der Waals surface area contributed by atoms with Crippen molar-refractivity contribution in [1.29, 1.82) is 0 Å². The van der Waals surface area contributed by atoms with E-state index in [1.54, 1.807) is 12.5 Å². The van der Waals surface area contributed by atoms with Crippen LogP contribution in [0, 0.1) is 5.41 Å². The van der Waals surface area contributed by atoms with Gasteiger partial charge < -0.3 is 28.9 Å². The number of likely N-dealkylation sites (tertiary alicyclic amines) is 3. The second-order valence-corrected chi connectivity index (χ2v) is 28.6. The molecule has 0 aromatic carbocycles. The maximum Gasteiger partial charge on any atom is 0.407 e. The highest BCUT2D eigenvalue weighted by atomic mass is 28.3. The maximum absolute atomic E-state index is 14.0. The molecule has 1 spiro atoms. The van der Waals surface area contributed by atoms with Crippen LogP contribution in [0.1, 0.15) is 60.9 Å². The van der Waals surface area contributed by atoms with E-state index in [4.69, 9.17) is 14.5 Å². The average Bonchev–Trinajstić information content (AvgIpc) is 3.89. The molecule has 0 bridgehead atoms. The summed E-state index contributed by atoms with van der Waals surface area (Å²) in [6, 6.07) is 1.50. The van der Waals surface area contributed by atoms with Crippen LogP contribution in [0.25, 0.3) is 11.3 Å². The number of piperidine rings is 2. The van der Waals surface area contributed by atoms with Crippen molar-refractivity contribution in [3.63, 3.8) is 0 Å². The summed E-state index contributed by atoms with van der Waals surface area (Å²) in [4.78, 5) is 58.4. The first-order valence-electron chi connectivity index (χ1n) is 18.8. The lowest BCUT2D eigenvalue weighted by molar-refractivity contribution is 0.0368. The number of carbonyl (C=O) groups excluding carboxylic acids is 2. The van der Waals surface area contributed by atoms with Crippen LogP contribution in [0.5, 0.6) is 0 Å². The van der Waals surface area contributed by atoms with E-state index in [9.17, 15) is 19.5 Å². The first-order valence-corrected chi connectivity index (χ1v) is 26.2. The number of imidazole rings is 3. The summed E-state index contributed by atoms with van der Waals surface area (Å²) in [6.07, 6.45) is 8.92. The maximum atomic E-state index is 14.0. The van der Waals surface area contributed by atoms with Crippen molar-refractivity contribution >= 4 is 45.5 Å². The van der Waals surface area contributed by atoms with E-state index in [0.29, 0.717) is 81.9 Å². The van der Waals surface area contributed by atoms with E-state index in [-0.39, 0.29) is 24.1 Å². The van der Waals surface area contributed by atoms with Crippen molar-refractivity contribution in [2.75, 3.05) is 45.9 Å². The summed E-state index contributed by atoms with van der Waals surface area (Å²) in [6.45, 7) is 18.8. The number of ether oxygens (including phenoxy) is 2. The van der Waals surface area contributed by atoms with E-state index < -0.39 is 28.3 Å². The molecule has 0 aliphatic carbocycles. The summed E-state index contributed by atoms with van der Waals surface area (Å²) in [5, 5.41) is 9.88. The lowest BCUT2D eigenvalue weighted by Gasteiger charge is -2.46. The van der Waals surface area contributed by atoms with Gasteiger partial charge in [-0.05, 0) is 56.0 Å². The first-order chi connectivity index (χ1) is 24.6. The van der Waals surface area contributed by atoms with E-state index >= 15 is 0 Å². The van der Waals surface area contributed by atoms with Crippen LogP contribution in [0.15, 0.2) is 18.9 Å². The van der Waals surface area contributed by atoms with Crippen molar-refractivity contribution < 1.29 is 29.0 Å². The van der Waals surface area contributed by atoms with Crippen LogP contribution < -0.4 is 0 Å². The minimum Gasteiger partial charge on any atom is -0.465 e. The van der Waals surface area contributed by atoms with Crippen molar-refractivity contribution in [3.8, 4) is 0 Å². The monoisotopic (exact) mass is 755 g/mol. The number of amides is 3. The zero-order chi connectivity index (χ0) is 37.3. The van der Waals surface area contributed by atoms with Gasteiger partial charge in [0.25, 0.3) is 5.91 Å². The highest BCUT2D eigenvalue weighted by molar-refractivity contribution is 6.76. The van der Waals surface area contributed by atoms with E-state index in [1.165, 1.54) is 15.8 Å². The van der Waals surface area contributed by atoms with E-state index in [2.05, 4.69) is 49.3 Å². The average molecular weight is 756 g/mol. The Labute approximate surface area is 308 Å². The van der Waals surface area contributed by atoms with Gasteiger partial charge in [0.15, 0.2) is 11.3 Å². The Bertz CT molecular complexity index is 1720. The molecule has 3 aromatic heterocycles. The van der Waals surface area contributed by atoms with Crippen LogP contribution >= 0.6 is 0 Å². The normalized spacial score (nSPS) is 19.7. The topological polar surface area (TPSA) is 153 Å². The van der Waals surface area contributed by atoms with E-state index in [1.807, 2.05) is 18.9 Å². The molecule has 3 aliphatic heterocycles. The third kappa shape index (κ3) is 8.80. The Hall–Kier alpha value is -3.55. The zero-order valence-corrected chi connectivity index (χ0v) is 33.8. The predicted molar refractivity (Wildman–Crippen MR) is 202 cm³/mol. The smallest absolute Gasteiger partial charge is 0.407 e. The van der Waals surface area contributed by atoms with Crippen LogP contribution in [0.2, 0.25) is 51.4 Å². The lowest BCUT2D eigenvalue weighted by Crippen LogP contribution is -2.50. The Morgan fingerprint density at radius 1 is 0.827 bits per heavy atom. The molecule has 1 N–H and O–H groups in total. The molecule has 3 aliphatic rings. The summed E-state index contributed by atoms with van der Waals surface area (Å²) < 4.78 is 17.1. The quantitative estimate of drug-likeness (QED) is 0.177. The highest BCUT2D eigenvalue weighted by Crippen LogP contribution is 2.42. The van der Waals surface area contributed by atoms with Crippen LogP contribution in [-0.4, -0.2) is 129 Å². The van der Waals surface area contributed by atoms with E-state index in [0.717, 1.165) is 44.2 Å². The van der Waals surface area contributed by atoms with Gasteiger partial charge in [-0.3, -0.25) is 14.3 Å². The zero-order valence-electron chi connectivity index (χ0n) is 31.8. The van der Waals surface area contributed by atoms with Crippen LogP contribution in [0.4, 0.5) is 9.59 Å². The number of aromatic nitrogens is 6. The van der Waals surface area contributed by atoms with Crippen molar-refractivity contribution in [2.45, 2.75) is 109 Å². The van der Waals surface area contributed by atoms with Gasteiger partial charge in [0.1, 0.15) is 31.3 Å². The first kappa shape index (κ1) is 38.2. The molecule has 3 aromatic rings. The molecule has 52 heavy (non-hydrogen) atoms. The van der Waals surface area contributed by atoms with Gasteiger partial charge in [-0.1, -0.05) is 39.3 Å². The molecule has 1 atom stereocenters. The minimum absolute atomic E-state index is 0.0447. The fourth-order valence-corrected chi connectivity index (χ4v) is 9.00. The Morgan fingerprint density at radius 2 is 1.44 bits per heavy atom. The molecule has 0 saturated carbocycles. The number of carboxylic acid groups (broad SMARTS) is 1. The molecular formula is C35H57N9O6Si2. The Balaban J connectivity index is 1.06. The van der Waals surface area contributed by atoms with Crippen molar-refractivity contribution in [3.05, 3.63) is 30.4 Å². The summed E-state index contributed by atoms with van der Waals surface area (Å²) in [5.41, 5.74) is 1.49. The molecule has 3 saturated heterocycles. The predicted octanol–water partition coefficient (Wildman–Crippen LogP) is 5.86. The number of hydrogen-bond donors (Lipinski definition) is 1. The summed E-state index contributed by atoms with van der Waals surface area (Å²) >= 11 is 0. The molecule has 3 fully saturated rings. The molecule has 17 heteroatoms. The number of nitrogens with zero attached hydrogens (tertiary/aromatic N) is 9. The fourth-order valence-electron chi connectivity index (χ4n) is 7.48. The fraction of sp³-hybridized carbons (Fsp3) is 0.714. The number of hydrogen-bond acceptors (Lipinski definition) is 8. The van der Waals surface area contributed by atoms with Gasteiger partial charge >= 0.3 is 12.1 Å². The second-order valence-electron chi connectivity index (χ2n) is 17.3. The van der Waals surface area contributed by atoms with Crippen molar-refractivity contribution in [1.82, 2.24) is 43.4 Å². The van der Waals surface area contributed by atoms with Gasteiger partial charge in [-0.15, -0.1) is 0 Å². The lowest BCUT2D eigenvalue weighted by atomic mass is 9.71. The molecule has 0 radical (unpaired) electrons. The summed E-state index contributed by atoms with van der Waals surface area (Å²) in [7, 11) is -2.46. The van der Waals surface area contributed by atoms with Crippen molar-refractivity contribution in [2.24, 2.45) is 5.41 Å². The number of carbonyl (C=O) groups is 3. The molecular weight excluding hydrogens is 699 g/mol. The number of fused-ring (bicyclic) bond motifs is 1. The second kappa shape index (κ2) is 15.4. The largest absolute Gasteiger partial charge is 0.465 e. The molecule has 15 nitrogen and oxygen atoms in total.